The Bertz CT molecular complexity index is 400. The number of fused-ring (bicyclic) bond motifs is 1. The van der Waals surface area contributed by atoms with Crippen LogP contribution >= 0.6 is 0 Å². The van der Waals surface area contributed by atoms with Crippen molar-refractivity contribution >= 4 is 5.97 Å². The van der Waals surface area contributed by atoms with Gasteiger partial charge in [-0.1, -0.05) is 13.3 Å². The van der Waals surface area contributed by atoms with Crippen LogP contribution in [0.3, 0.4) is 0 Å². The highest BCUT2D eigenvalue weighted by molar-refractivity contribution is 5.74. The maximum Gasteiger partial charge on any atom is 0.321 e. The first-order valence-electron chi connectivity index (χ1n) is 5.62. The minimum absolute atomic E-state index is 0.113. The lowest BCUT2D eigenvalue weighted by Gasteiger charge is -2.29. The summed E-state index contributed by atoms with van der Waals surface area (Å²) in [6, 6.07) is -0.388. The summed E-state index contributed by atoms with van der Waals surface area (Å²) >= 11 is 0. The van der Waals surface area contributed by atoms with E-state index in [0.717, 1.165) is 24.2 Å². The van der Waals surface area contributed by atoms with E-state index in [1.807, 2.05) is 11.6 Å². The predicted octanol–water partition coefficient (Wildman–Crippen LogP) is 0.860. The van der Waals surface area contributed by atoms with E-state index in [1.54, 1.807) is 6.33 Å². The topological polar surface area (TPSA) is 67.2 Å². The molecule has 0 spiro atoms. The summed E-state index contributed by atoms with van der Waals surface area (Å²) in [4.78, 5) is 15.3. The van der Waals surface area contributed by atoms with Crippen LogP contribution in [-0.4, -0.2) is 26.7 Å². The largest absolute Gasteiger partial charge is 0.480 e. The van der Waals surface area contributed by atoms with E-state index in [2.05, 4.69) is 17.2 Å². The van der Waals surface area contributed by atoms with Crippen LogP contribution in [0.25, 0.3) is 0 Å². The van der Waals surface area contributed by atoms with E-state index in [-0.39, 0.29) is 6.04 Å². The maximum atomic E-state index is 11.0. The second-order valence-corrected chi connectivity index (χ2v) is 4.29. The van der Waals surface area contributed by atoms with E-state index in [9.17, 15) is 4.79 Å². The van der Waals surface area contributed by atoms with Crippen molar-refractivity contribution in [2.75, 3.05) is 0 Å². The predicted molar refractivity (Wildman–Crippen MR) is 59.1 cm³/mol. The quantitative estimate of drug-likeness (QED) is 0.797. The van der Waals surface area contributed by atoms with Crippen molar-refractivity contribution < 1.29 is 9.90 Å². The van der Waals surface area contributed by atoms with E-state index in [0.29, 0.717) is 6.42 Å². The van der Waals surface area contributed by atoms with Gasteiger partial charge in [-0.15, -0.1) is 0 Å². The fourth-order valence-corrected chi connectivity index (χ4v) is 2.33. The Kier molecular flexibility index (Phi) is 2.96. The van der Waals surface area contributed by atoms with E-state index < -0.39 is 12.0 Å². The molecule has 0 amide bonds. The van der Waals surface area contributed by atoms with E-state index >= 15 is 0 Å². The van der Waals surface area contributed by atoms with Gasteiger partial charge in [-0.05, 0) is 6.42 Å². The van der Waals surface area contributed by atoms with Crippen LogP contribution in [0, 0.1) is 0 Å². The molecule has 0 saturated heterocycles. The van der Waals surface area contributed by atoms with Crippen LogP contribution < -0.4 is 5.32 Å². The number of hydrogen-bond acceptors (Lipinski definition) is 3. The fourth-order valence-electron chi connectivity index (χ4n) is 2.33. The molecule has 1 aliphatic heterocycles. The van der Waals surface area contributed by atoms with Gasteiger partial charge in [0.15, 0.2) is 0 Å². The molecular weight excluding hydrogens is 206 g/mol. The number of aromatic nitrogens is 2. The lowest BCUT2D eigenvalue weighted by atomic mass is 9.96. The van der Waals surface area contributed by atoms with Crippen LogP contribution in [-0.2, 0) is 18.3 Å². The smallest absolute Gasteiger partial charge is 0.321 e. The van der Waals surface area contributed by atoms with Crippen molar-refractivity contribution in [2.45, 2.75) is 38.3 Å². The molecule has 1 aromatic rings. The van der Waals surface area contributed by atoms with Gasteiger partial charge in [0, 0.05) is 13.5 Å². The third kappa shape index (κ3) is 1.82. The highest BCUT2D eigenvalue weighted by Crippen LogP contribution is 2.27. The second-order valence-electron chi connectivity index (χ2n) is 4.29. The van der Waals surface area contributed by atoms with Crippen LogP contribution in [0.1, 0.15) is 37.2 Å². The highest BCUT2D eigenvalue weighted by atomic mass is 16.4. The Morgan fingerprint density at radius 3 is 3.12 bits per heavy atom. The van der Waals surface area contributed by atoms with Gasteiger partial charge in [-0.2, -0.15) is 0 Å². The molecule has 16 heavy (non-hydrogen) atoms. The molecule has 0 aliphatic carbocycles. The van der Waals surface area contributed by atoms with Crippen molar-refractivity contribution in [2.24, 2.45) is 7.05 Å². The molecule has 0 radical (unpaired) electrons. The number of carbonyl (C=O) groups is 1. The van der Waals surface area contributed by atoms with Crippen molar-refractivity contribution in [3.8, 4) is 0 Å². The first-order chi connectivity index (χ1) is 7.63. The molecular formula is C11H17N3O2. The molecule has 2 heterocycles. The Morgan fingerprint density at radius 1 is 1.75 bits per heavy atom. The number of aliphatic carboxylic acids is 1. The molecule has 0 saturated carbocycles. The van der Waals surface area contributed by atoms with Crippen molar-refractivity contribution in [1.82, 2.24) is 14.9 Å². The summed E-state index contributed by atoms with van der Waals surface area (Å²) in [5, 5.41) is 12.2. The molecule has 0 aromatic carbocycles. The Labute approximate surface area is 94.5 Å². The molecule has 5 heteroatoms. The SMILES string of the molecule is CCCC1NC(C(=O)O)Cc2ncn(C)c21. The molecule has 1 aromatic heterocycles. The van der Waals surface area contributed by atoms with Crippen LogP contribution in [0.5, 0.6) is 0 Å². The molecule has 2 N–H and O–H groups in total. The monoisotopic (exact) mass is 223 g/mol. The summed E-state index contributed by atoms with van der Waals surface area (Å²) in [5.41, 5.74) is 2.06. The number of rotatable bonds is 3. The van der Waals surface area contributed by atoms with Gasteiger partial charge in [-0.3, -0.25) is 10.1 Å². The normalized spacial score (nSPS) is 24.1. The lowest BCUT2D eigenvalue weighted by molar-refractivity contribution is -0.140. The van der Waals surface area contributed by atoms with Crippen LogP contribution in [0.15, 0.2) is 6.33 Å². The standard InChI is InChI=1S/C11H17N3O2/c1-3-4-7-10-8(12-6-14(10)2)5-9(13-7)11(15)16/h6-7,9,13H,3-5H2,1-2H3,(H,15,16). The molecule has 0 fully saturated rings. The van der Waals surface area contributed by atoms with Crippen molar-refractivity contribution in [3.63, 3.8) is 0 Å². The summed E-state index contributed by atoms with van der Waals surface area (Å²) < 4.78 is 1.99. The zero-order valence-corrected chi connectivity index (χ0v) is 9.60. The van der Waals surface area contributed by atoms with Crippen LogP contribution in [0.2, 0.25) is 0 Å². The Balaban J connectivity index is 2.31. The average Bonchev–Trinajstić information content (AvgIpc) is 2.61. The molecule has 2 unspecified atom stereocenters. The minimum Gasteiger partial charge on any atom is -0.480 e. The third-order valence-corrected chi connectivity index (χ3v) is 3.07. The number of aryl methyl sites for hydroxylation is 1. The summed E-state index contributed by atoms with van der Waals surface area (Å²) in [7, 11) is 1.96. The van der Waals surface area contributed by atoms with Gasteiger partial charge < -0.3 is 9.67 Å². The molecule has 1 aliphatic rings. The number of carboxylic acids is 1. The van der Waals surface area contributed by atoms with Gasteiger partial charge in [0.1, 0.15) is 6.04 Å². The van der Waals surface area contributed by atoms with Gasteiger partial charge in [0.05, 0.1) is 23.8 Å². The molecule has 88 valence electrons. The van der Waals surface area contributed by atoms with Gasteiger partial charge >= 0.3 is 5.97 Å². The second kappa shape index (κ2) is 4.25. The first-order valence-corrected chi connectivity index (χ1v) is 5.62. The van der Waals surface area contributed by atoms with Crippen LogP contribution in [0.4, 0.5) is 0 Å². The molecule has 5 nitrogen and oxygen atoms in total. The van der Waals surface area contributed by atoms with Crippen molar-refractivity contribution in [1.29, 1.82) is 0 Å². The van der Waals surface area contributed by atoms with E-state index in [1.165, 1.54) is 0 Å². The maximum absolute atomic E-state index is 11.0. The van der Waals surface area contributed by atoms with Crippen molar-refractivity contribution in [3.05, 3.63) is 17.7 Å². The zero-order valence-electron chi connectivity index (χ0n) is 9.60. The molecule has 2 atom stereocenters. The van der Waals surface area contributed by atoms with Gasteiger partial charge in [0.2, 0.25) is 0 Å². The van der Waals surface area contributed by atoms with Gasteiger partial charge in [-0.25, -0.2) is 4.98 Å². The number of hydrogen-bond donors (Lipinski definition) is 2. The lowest BCUT2D eigenvalue weighted by Crippen LogP contribution is -2.45. The third-order valence-electron chi connectivity index (χ3n) is 3.07. The molecule has 2 rings (SSSR count). The Morgan fingerprint density at radius 2 is 2.50 bits per heavy atom. The average molecular weight is 223 g/mol. The molecule has 0 bridgehead atoms. The number of carboxylic acid groups (broad SMARTS) is 1. The summed E-state index contributed by atoms with van der Waals surface area (Å²) in [5.74, 6) is -0.794. The summed E-state index contributed by atoms with van der Waals surface area (Å²) in [6.45, 7) is 2.10. The minimum atomic E-state index is -0.794. The highest BCUT2D eigenvalue weighted by Gasteiger charge is 2.32. The Hall–Kier alpha value is -1.36. The number of nitrogens with one attached hydrogen (secondary N) is 1. The number of nitrogens with zero attached hydrogens (tertiary/aromatic N) is 2. The number of imidazole rings is 1. The summed E-state index contributed by atoms with van der Waals surface area (Å²) in [6.07, 6.45) is 4.20. The zero-order chi connectivity index (χ0) is 11.7. The first kappa shape index (κ1) is 11.1. The van der Waals surface area contributed by atoms with E-state index in [4.69, 9.17) is 5.11 Å². The van der Waals surface area contributed by atoms with Gasteiger partial charge in [0.25, 0.3) is 0 Å². The fraction of sp³-hybridized carbons (Fsp3) is 0.636.